The van der Waals surface area contributed by atoms with Gasteiger partial charge in [-0.15, -0.1) is 0 Å². The molecule has 2 aromatic heterocycles. The smallest absolute Gasteiger partial charge is 0.241 e. The van der Waals surface area contributed by atoms with Gasteiger partial charge in [0.05, 0.1) is 22.5 Å². The Morgan fingerprint density at radius 2 is 1.85 bits per heavy atom. The molecule has 0 bridgehead atoms. The van der Waals surface area contributed by atoms with E-state index >= 15 is 0 Å². The zero-order chi connectivity index (χ0) is 23.4. The van der Waals surface area contributed by atoms with Gasteiger partial charge in [-0.3, -0.25) is 0 Å². The second-order valence-corrected chi connectivity index (χ2v) is 10.3. The molecule has 33 heavy (non-hydrogen) atoms. The number of pyridine rings is 1. The lowest BCUT2D eigenvalue weighted by atomic mass is 10.2. The third-order valence-electron chi connectivity index (χ3n) is 5.45. The van der Waals surface area contributed by atoms with Crippen molar-refractivity contribution in [3.63, 3.8) is 0 Å². The number of benzene rings is 2. The Hall–Kier alpha value is -2.53. The standard InChI is InChI=1S/C23H26BrN5O3S/c1-32-15-12-20-28-21-22(16-8-2-4-10-18(16)27-23(21)25)29(20)14-7-6-13-26-33(30,31)19-11-5-3-9-17(19)24/h2-5,8-11,26H,6-7,12-15H2,1H3,(H2,25,27). The molecule has 0 aliphatic carbocycles. The van der Waals surface area contributed by atoms with E-state index in [1.165, 1.54) is 0 Å². The maximum absolute atomic E-state index is 12.6. The third kappa shape index (κ3) is 5.03. The molecule has 3 N–H and O–H groups in total. The van der Waals surface area contributed by atoms with E-state index in [2.05, 4.69) is 30.2 Å². The molecule has 4 rings (SSSR count). The van der Waals surface area contributed by atoms with Gasteiger partial charge in [0.2, 0.25) is 10.0 Å². The van der Waals surface area contributed by atoms with Gasteiger partial charge >= 0.3 is 0 Å². The quantitative estimate of drug-likeness (QED) is 0.300. The first-order chi connectivity index (χ1) is 15.9. The van der Waals surface area contributed by atoms with Crippen molar-refractivity contribution >= 4 is 53.7 Å². The number of fused-ring (bicyclic) bond motifs is 3. The number of nitrogens with two attached hydrogens (primary N) is 1. The number of halogens is 1. The highest BCUT2D eigenvalue weighted by atomic mass is 79.9. The summed E-state index contributed by atoms with van der Waals surface area (Å²) >= 11 is 3.30. The van der Waals surface area contributed by atoms with Gasteiger partial charge in [-0.1, -0.05) is 30.3 Å². The number of para-hydroxylation sites is 1. The van der Waals surface area contributed by atoms with E-state index in [0.29, 0.717) is 48.3 Å². The summed E-state index contributed by atoms with van der Waals surface area (Å²) in [6.45, 7) is 1.56. The maximum atomic E-state index is 12.6. The largest absolute Gasteiger partial charge is 0.384 e. The minimum Gasteiger partial charge on any atom is -0.384 e. The molecule has 10 heteroatoms. The molecule has 0 amide bonds. The summed E-state index contributed by atoms with van der Waals surface area (Å²) in [5.74, 6) is 1.29. The number of rotatable bonds is 10. The highest BCUT2D eigenvalue weighted by molar-refractivity contribution is 9.10. The topological polar surface area (TPSA) is 112 Å². The molecule has 0 fully saturated rings. The fraction of sp³-hybridized carbons (Fsp3) is 0.304. The molecule has 0 aliphatic heterocycles. The number of nitrogen functional groups attached to an aromatic ring is 1. The number of anilines is 1. The van der Waals surface area contributed by atoms with Gasteiger partial charge < -0.3 is 15.0 Å². The monoisotopic (exact) mass is 531 g/mol. The van der Waals surface area contributed by atoms with Crippen LogP contribution in [0.25, 0.3) is 21.9 Å². The van der Waals surface area contributed by atoms with Crippen molar-refractivity contribution in [1.82, 2.24) is 19.3 Å². The Bertz CT molecular complexity index is 1390. The predicted octanol–water partition coefficient (Wildman–Crippen LogP) is 3.88. The SMILES string of the molecule is COCCc1nc2c(N)nc3ccccc3c2n1CCCCNS(=O)(=O)c1ccccc1Br. The lowest BCUT2D eigenvalue weighted by molar-refractivity contribution is 0.199. The van der Waals surface area contributed by atoms with Crippen LogP contribution in [0.2, 0.25) is 0 Å². The third-order valence-corrected chi connectivity index (χ3v) is 7.92. The molecule has 0 saturated carbocycles. The minimum atomic E-state index is -3.57. The van der Waals surface area contributed by atoms with Crippen LogP contribution in [0.3, 0.4) is 0 Å². The van der Waals surface area contributed by atoms with Crippen LogP contribution in [-0.4, -0.2) is 43.2 Å². The molecule has 2 aromatic carbocycles. The minimum absolute atomic E-state index is 0.238. The maximum Gasteiger partial charge on any atom is 0.241 e. The zero-order valence-corrected chi connectivity index (χ0v) is 20.7. The molecule has 174 valence electrons. The summed E-state index contributed by atoms with van der Waals surface area (Å²) in [6, 6.07) is 14.6. The van der Waals surface area contributed by atoms with Crippen LogP contribution >= 0.6 is 15.9 Å². The Morgan fingerprint density at radius 3 is 2.64 bits per heavy atom. The second-order valence-electron chi connectivity index (χ2n) is 7.67. The van der Waals surface area contributed by atoms with Gasteiger partial charge in [0, 0.05) is 36.5 Å². The van der Waals surface area contributed by atoms with Crippen molar-refractivity contribution in [2.45, 2.75) is 30.7 Å². The molecule has 0 atom stereocenters. The first-order valence-electron chi connectivity index (χ1n) is 10.7. The number of imidazole rings is 1. The number of methoxy groups -OCH3 is 1. The zero-order valence-electron chi connectivity index (χ0n) is 18.3. The molecule has 0 aliphatic rings. The van der Waals surface area contributed by atoms with Crippen molar-refractivity contribution in [2.24, 2.45) is 0 Å². The summed E-state index contributed by atoms with van der Waals surface area (Å²) in [7, 11) is -1.91. The first-order valence-corrected chi connectivity index (χ1v) is 13.0. The van der Waals surface area contributed by atoms with Gasteiger partial charge in [0.15, 0.2) is 5.82 Å². The first kappa shape index (κ1) is 23.6. The molecule has 0 radical (unpaired) electrons. The van der Waals surface area contributed by atoms with E-state index in [0.717, 1.165) is 28.7 Å². The molecular formula is C23H26BrN5O3S. The van der Waals surface area contributed by atoms with E-state index in [1.807, 2.05) is 24.3 Å². The second kappa shape index (κ2) is 10.2. The van der Waals surface area contributed by atoms with Crippen molar-refractivity contribution in [3.05, 3.63) is 58.8 Å². The van der Waals surface area contributed by atoms with E-state index < -0.39 is 10.0 Å². The average Bonchev–Trinajstić information content (AvgIpc) is 3.17. The Morgan fingerprint density at radius 1 is 1.09 bits per heavy atom. The Labute approximate surface area is 201 Å². The summed E-state index contributed by atoms with van der Waals surface area (Å²) < 4.78 is 35.8. The molecule has 4 aromatic rings. The number of sulfonamides is 1. The van der Waals surface area contributed by atoms with Crippen LogP contribution in [0.15, 0.2) is 57.9 Å². The van der Waals surface area contributed by atoms with Gasteiger partial charge in [0.1, 0.15) is 11.3 Å². The average molecular weight is 532 g/mol. The molecule has 0 saturated heterocycles. The number of hydrogen-bond acceptors (Lipinski definition) is 6. The fourth-order valence-corrected chi connectivity index (χ4v) is 5.95. The van der Waals surface area contributed by atoms with Gasteiger partial charge in [0.25, 0.3) is 0 Å². The molecule has 0 spiro atoms. The van der Waals surface area contributed by atoms with Crippen LogP contribution in [0.1, 0.15) is 18.7 Å². The number of aryl methyl sites for hydroxylation is 1. The van der Waals surface area contributed by atoms with Crippen molar-refractivity contribution in [1.29, 1.82) is 0 Å². The van der Waals surface area contributed by atoms with E-state index in [1.54, 1.807) is 31.4 Å². The summed E-state index contributed by atoms with van der Waals surface area (Å²) in [5.41, 5.74) is 8.69. The fourth-order valence-electron chi connectivity index (χ4n) is 3.87. The van der Waals surface area contributed by atoms with Crippen molar-refractivity contribution in [2.75, 3.05) is 26.0 Å². The van der Waals surface area contributed by atoms with Gasteiger partial charge in [-0.25, -0.2) is 23.1 Å². The van der Waals surface area contributed by atoms with Crippen molar-refractivity contribution < 1.29 is 13.2 Å². The lowest BCUT2D eigenvalue weighted by Crippen LogP contribution is -2.25. The summed E-state index contributed by atoms with van der Waals surface area (Å²) in [5, 5.41) is 0.993. The highest BCUT2D eigenvalue weighted by Gasteiger charge is 2.18. The summed E-state index contributed by atoms with van der Waals surface area (Å²) in [6.07, 6.45) is 2.08. The van der Waals surface area contributed by atoms with E-state index in [-0.39, 0.29) is 4.90 Å². The molecular weight excluding hydrogens is 506 g/mol. The van der Waals surface area contributed by atoms with Crippen LogP contribution in [0, 0.1) is 0 Å². The number of nitrogens with zero attached hydrogens (tertiary/aromatic N) is 3. The number of hydrogen-bond donors (Lipinski definition) is 2. The number of ether oxygens (including phenoxy) is 1. The predicted molar refractivity (Wildman–Crippen MR) is 134 cm³/mol. The lowest BCUT2D eigenvalue weighted by Gasteiger charge is -2.12. The number of unbranched alkanes of at least 4 members (excludes halogenated alkanes) is 1. The van der Waals surface area contributed by atoms with Gasteiger partial charge in [-0.2, -0.15) is 0 Å². The van der Waals surface area contributed by atoms with Crippen LogP contribution in [0.5, 0.6) is 0 Å². The number of nitrogens with one attached hydrogen (secondary N) is 1. The summed E-state index contributed by atoms with van der Waals surface area (Å²) in [4.78, 5) is 9.51. The Balaban J connectivity index is 1.52. The Kier molecular flexibility index (Phi) is 7.28. The van der Waals surface area contributed by atoms with E-state index in [9.17, 15) is 8.42 Å². The number of aromatic nitrogens is 3. The van der Waals surface area contributed by atoms with Crippen LogP contribution in [-0.2, 0) is 27.7 Å². The van der Waals surface area contributed by atoms with Crippen LogP contribution < -0.4 is 10.5 Å². The van der Waals surface area contributed by atoms with Crippen molar-refractivity contribution in [3.8, 4) is 0 Å². The van der Waals surface area contributed by atoms with Gasteiger partial charge in [-0.05, 0) is 47.0 Å². The highest BCUT2D eigenvalue weighted by Crippen LogP contribution is 2.29. The molecule has 0 unspecified atom stereocenters. The molecule has 8 nitrogen and oxygen atoms in total. The normalized spacial score (nSPS) is 12.1. The van der Waals surface area contributed by atoms with Crippen LogP contribution in [0.4, 0.5) is 5.82 Å². The molecule has 2 heterocycles. The van der Waals surface area contributed by atoms with E-state index in [4.69, 9.17) is 15.5 Å².